The number of para-hydroxylation sites is 1. The molecule has 5 heteroatoms. The molecule has 1 heterocycles. The Kier molecular flexibility index (Phi) is 4.79. The van der Waals surface area contributed by atoms with Crippen LogP contribution in [0.5, 0.6) is 0 Å². The number of nitrogens with one attached hydrogen (secondary N) is 1. The maximum absolute atomic E-state index is 12.6. The fraction of sp³-hybridized carbons (Fsp3) is 0.263. The molecule has 0 fully saturated rings. The van der Waals surface area contributed by atoms with Gasteiger partial charge in [0.15, 0.2) is 0 Å². The first-order valence-electron chi connectivity index (χ1n) is 7.96. The van der Waals surface area contributed by atoms with Gasteiger partial charge in [-0.15, -0.1) is 0 Å². The van der Waals surface area contributed by atoms with Crippen LogP contribution in [0.15, 0.2) is 54.6 Å². The Hall–Kier alpha value is -2.82. The van der Waals surface area contributed by atoms with Crippen molar-refractivity contribution in [2.45, 2.75) is 18.9 Å². The van der Waals surface area contributed by atoms with Gasteiger partial charge in [-0.3, -0.25) is 4.90 Å². The van der Waals surface area contributed by atoms with Crippen LogP contribution >= 0.6 is 0 Å². The van der Waals surface area contributed by atoms with Crippen molar-refractivity contribution in [2.24, 2.45) is 0 Å². The van der Waals surface area contributed by atoms with Gasteiger partial charge in [-0.25, -0.2) is 9.59 Å². The quantitative estimate of drug-likeness (QED) is 0.879. The molecule has 3 rings (SSSR count). The fourth-order valence-electron chi connectivity index (χ4n) is 2.96. The summed E-state index contributed by atoms with van der Waals surface area (Å²) in [6.45, 7) is 0.615. The molecule has 5 nitrogen and oxygen atoms in total. The monoisotopic (exact) mass is 324 g/mol. The Balaban J connectivity index is 1.73. The summed E-state index contributed by atoms with van der Waals surface area (Å²) in [5, 5.41) is 2.81. The van der Waals surface area contributed by atoms with Gasteiger partial charge < -0.3 is 10.1 Å². The second-order valence-electron chi connectivity index (χ2n) is 5.75. The van der Waals surface area contributed by atoms with Crippen molar-refractivity contribution in [3.05, 3.63) is 65.7 Å². The van der Waals surface area contributed by atoms with Crippen LogP contribution in [0.2, 0.25) is 0 Å². The number of methoxy groups -OCH3 is 1. The summed E-state index contributed by atoms with van der Waals surface area (Å²) in [5.74, 6) is -0.445. The number of nitrogens with zero attached hydrogens (tertiary/aromatic N) is 1. The van der Waals surface area contributed by atoms with Gasteiger partial charge in [-0.2, -0.15) is 0 Å². The first-order valence-corrected chi connectivity index (χ1v) is 7.96. The molecule has 0 unspecified atom stereocenters. The van der Waals surface area contributed by atoms with Crippen LogP contribution in [-0.2, 0) is 22.4 Å². The number of anilines is 1. The molecule has 1 N–H and O–H groups in total. The lowest BCUT2D eigenvalue weighted by Crippen LogP contribution is -2.49. The Bertz CT molecular complexity index is 730. The lowest BCUT2D eigenvalue weighted by atomic mass is 10.1. The van der Waals surface area contributed by atoms with E-state index in [9.17, 15) is 9.59 Å². The van der Waals surface area contributed by atoms with Crippen molar-refractivity contribution >= 4 is 17.7 Å². The number of rotatable bonds is 4. The Labute approximate surface area is 141 Å². The molecular formula is C19H20N2O3. The minimum Gasteiger partial charge on any atom is -0.467 e. The number of carbonyl (C=O) groups excluding carboxylic acids is 2. The van der Waals surface area contributed by atoms with Crippen LogP contribution in [0, 0.1) is 0 Å². The van der Waals surface area contributed by atoms with Gasteiger partial charge in [-0.05, 0) is 23.6 Å². The molecule has 0 aliphatic carbocycles. The zero-order chi connectivity index (χ0) is 16.9. The molecule has 2 aromatic rings. The summed E-state index contributed by atoms with van der Waals surface area (Å²) in [5.41, 5.74) is 3.01. The predicted molar refractivity (Wildman–Crippen MR) is 92.0 cm³/mol. The lowest BCUT2D eigenvalue weighted by molar-refractivity contribution is -0.142. The van der Waals surface area contributed by atoms with E-state index >= 15 is 0 Å². The number of fused-ring (bicyclic) bond motifs is 1. The number of hydrogen-bond acceptors (Lipinski definition) is 3. The Morgan fingerprint density at radius 3 is 2.58 bits per heavy atom. The molecule has 1 aliphatic heterocycles. The molecule has 0 aromatic heterocycles. The van der Waals surface area contributed by atoms with E-state index in [1.807, 2.05) is 54.6 Å². The van der Waals surface area contributed by atoms with Crippen molar-refractivity contribution in [1.82, 2.24) is 5.32 Å². The third-order valence-electron chi connectivity index (χ3n) is 4.20. The molecule has 2 aromatic carbocycles. The second-order valence-corrected chi connectivity index (χ2v) is 5.75. The van der Waals surface area contributed by atoms with Crippen LogP contribution in [0.3, 0.4) is 0 Å². The number of amides is 2. The van der Waals surface area contributed by atoms with Crippen LogP contribution < -0.4 is 10.2 Å². The molecule has 1 atom stereocenters. The van der Waals surface area contributed by atoms with Crippen LogP contribution in [0.1, 0.15) is 11.1 Å². The molecule has 0 radical (unpaired) electrons. The van der Waals surface area contributed by atoms with Gasteiger partial charge >= 0.3 is 12.0 Å². The maximum Gasteiger partial charge on any atom is 0.328 e. The van der Waals surface area contributed by atoms with Gasteiger partial charge in [0.25, 0.3) is 0 Å². The number of ether oxygens (including phenoxy) is 1. The van der Waals surface area contributed by atoms with Crippen molar-refractivity contribution in [2.75, 3.05) is 18.6 Å². The molecule has 0 spiro atoms. The van der Waals surface area contributed by atoms with Crippen LogP contribution in [-0.4, -0.2) is 31.7 Å². The second kappa shape index (κ2) is 7.17. The number of hydrogen-bond donors (Lipinski definition) is 1. The van der Waals surface area contributed by atoms with E-state index in [0.717, 1.165) is 23.2 Å². The third kappa shape index (κ3) is 3.40. The van der Waals surface area contributed by atoms with Crippen molar-refractivity contribution in [3.63, 3.8) is 0 Å². The normalized spacial score (nSPS) is 14.0. The molecular weight excluding hydrogens is 304 g/mol. The number of carbonyl (C=O) groups is 2. The van der Waals surface area contributed by atoms with Gasteiger partial charge in [0.05, 0.1) is 7.11 Å². The van der Waals surface area contributed by atoms with Gasteiger partial charge in [0.1, 0.15) is 6.04 Å². The van der Waals surface area contributed by atoms with Crippen molar-refractivity contribution in [3.8, 4) is 0 Å². The summed E-state index contributed by atoms with van der Waals surface area (Å²) >= 11 is 0. The smallest absolute Gasteiger partial charge is 0.328 e. The minimum atomic E-state index is -0.710. The minimum absolute atomic E-state index is 0.272. The van der Waals surface area contributed by atoms with E-state index in [0.29, 0.717) is 13.0 Å². The zero-order valence-corrected chi connectivity index (χ0v) is 13.6. The molecule has 0 saturated heterocycles. The highest BCUT2D eigenvalue weighted by Gasteiger charge is 2.28. The summed E-state index contributed by atoms with van der Waals surface area (Å²) in [7, 11) is 1.33. The van der Waals surface area contributed by atoms with E-state index in [2.05, 4.69) is 5.32 Å². The Morgan fingerprint density at radius 2 is 1.83 bits per heavy atom. The molecule has 0 bridgehead atoms. The van der Waals surface area contributed by atoms with Gasteiger partial charge in [0, 0.05) is 18.7 Å². The first-order chi connectivity index (χ1) is 11.7. The number of benzene rings is 2. The van der Waals surface area contributed by atoms with E-state index in [1.165, 1.54) is 7.11 Å². The topological polar surface area (TPSA) is 58.6 Å². The third-order valence-corrected chi connectivity index (χ3v) is 4.20. The highest BCUT2D eigenvalue weighted by Crippen LogP contribution is 2.27. The summed E-state index contributed by atoms with van der Waals surface area (Å²) in [6.07, 6.45) is 1.22. The van der Waals surface area contributed by atoms with Gasteiger partial charge in [0.2, 0.25) is 0 Å². The molecule has 24 heavy (non-hydrogen) atoms. The molecule has 2 amide bonds. The average Bonchev–Trinajstić information content (AvgIpc) is 3.05. The van der Waals surface area contributed by atoms with E-state index in [-0.39, 0.29) is 6.03 Å². The van der Waals surface area contributed by atoms with Crippen LogP contribution in [0.4, 0.5) is 10.5 Å². The zero-order valence-electron chi connectivity index (χ0n) is 13.6. The molecule has 124 valence electrons. The average molecular weight is 324 g/mol. The first kappa shape index (κ1) is 16.1. The van der Waals surface area contributed by atoms with Crippen molar-refractivity contribution < 1.29 is 14.3 Å². The lowest BCUT2D eigenvalue weighted by Gasteiger charge is -2.22. The number of urea groups is 1. The van der Waals surface area contributed by atoms with Gasteiger partial charge in [-0.1, -0.05) is 48.5 Å². The van der Waals surface area contributed by atoms with E-state index in [1.54, 1.807) is 4.90 Å². The number of esters is 1. The SMILES string of the molecule is COC(=O)[C@@H](Cc1ccccc1)NC(=O)N1CCc2ccccc21. The molecule has 0 saturated carbocycles. The summed E-state index contributed by atoms with van der Waals surface area (Å²) in [4.78, 5) is 26.4. The highest BCUT2D eigenvalue weighted by molar-refractivity contribution is 5.96. The fourth-order valence-corrected chi connectivity index (χ4v) is 2.96. The standard InChI is InChI=1S/C19H20N2O3/c1-24-18(22)16(13-14-7-3-2-4-8-14)20-19(23)21-12-11-15-9-5-6-10-17(15)21/h2-10,16H,11-13H2,1H3,(H,20,23)/t16-/m1/s1. The van der Waals surface area contributed by atoms with Crippen molar-refractivity contribution in [1.29, 1.82) is 0 Å². The van der Waals surface area contributed by atoms with Crippen LogP contribution in [0.25, 0.3) is 0 Å². The highest BCUT2D eigenvalue weighted by atomic mass is 16.5. The Morgan fingerprint density at radius 1 is 1.12 bits per heavy atom. The summed E-state index contributed by atoms with van der Waals surface area (Å²) in [6, 6.07) is 16.4. The largest absolute Gasteiger partial charge is 0.467 e. The van der Waals surface area contributed by atoms with E-state index < -0.39 is 12.0 Å². The maximum atomic E-state index is 12.6. The molecule has 1 aliphatic rings. The van der Waals surface area contributed by atoms with E-state index in [4.69, 9.17) is 4.74 Å². The summed E-state index contributed by atoms with van der Waals surface area (Å²) < 4.78 is 4.85. The predicted octanol–water partition coefficient (Wildman–Crippen LogP) is 2.54.